The zero-order chi connectivity index (χ0) is 12.8. The molecule has 1 aromatic carbocycles. The number of benzene rings is 1. The van der Waals surface area contributed by atoms with Crippen molar-refractivity contribution in [2.45, 2.75) is 26.8 Å². The lowest BCUT2D eigenvalue weighted by Gasteiger charge is -2.07. The monoisotopic (exact) mass is 247 g/mol. The van der Waals surface area contributed by atoms with Crippen molar-refractivity contribution in [1.82, 2.24) is 4.57 Å². The lowest BCUT2D eigenvalue weighted by molar-refractivity contribution is 0.140. The van der Waals surface area contributed by atoms with Crippen molar-refractivity contribution in [2.75, 3.05) is 19.8 Å². The first-order chi connectivity index (χ1) is 8.85. The highest BCUT2D eigenvalue weighted by atomic mass is 16.5. The molecule has 0 unspecified atom stereocenters. The second-order valence-corrected chi connectivity index (χ2v) is 4.28. The summed E-state index contributed by atoms with van der Waals surface area (Å²) in [6.45, 7) is 7.33. The van der Waals surface area contributed by atoms with Gasteiger partial charge in [-0.15, -0.1) is 0 Å². The number of nitrogens with zero attached hydrogens (tertiary/aromatic N) is 1. The number of hydrogen-bond donors (Lipinski definition) is 0. The molecule has 2 rings (SSSR count). The smallest absolute Gasteiger partial charge is 0.120 e. The summed E-state index contributed by atoms with van der Waals surface area (Å²) in [5.41, 5.74) is 1.23. The van der Waals surface area contributed by atoms with E-state index < -0.39 is 0 Å². The maximum absolute atomic E-state index is 5.64. The predicted octanol–water partition coefficient (Wildman–Crippen LogP) is 3.47. The van der Waals surface area contributed by atoms with Crippen LogP contribution in [0.3, 0.4) is 0 Å². The fraction of sp³-hybridized carbons (Fsp3) is 0.467. The molecule has 0 amide bonds. The Balaban J connectivity index is 2.10. The van der Waals surface area contributed by atoms with Gasteiger partial charge in [0.2, 0.25) is 0 Å². The summed E-state index contributed by atoms with van der Waals surface area (Å²) in [4.78, 5) is 0. The van der Waals surface area contributed by atoms with Gasteiger partial charge in [0.05, 0.1) is 13.2 Å². The molecule has 0 fully saturated rings. The first kappa shape index (κ1) is 13.0. The molecule has 0 radical (unpaired) electrons. The van der Waals surface area contributed by atoms with E-state index in [2.05, 4.69) is 35.9 Å². The van der Waals surface area contributed by atoms with Gasteiger partial charge in [0.25, 0.3) is 0 Å². The molecule has 0 saturated carbocycles. The lowest BCUT2D eigenvalue weighted by Crippen LogP contribution is -2.04. The third-order valence-electron chi connectivity index (χ3n) is 2.90. The first-order valence-corrected chi connectivity index (χ1v) is 6.64. The third kappa shape index (κ3) is 3.05. The summed E-state index contributed by atoms with van der Waals surface area (Å²) >= 11 is 0. The average molecular weight is 247 g/mol. The highest BCUT2D eigenvalue weighted by Gasteiger charge is 2.02. The summed E-state index contributed by atoms with van der Waals surface area (Å²) in [5.74, 6) is 0.951. The van der Waals surface area contributed by atoms with Crippen LogP contribution in [0.15, 0.2) is 30.5 Å². The van der Waals surface area contributed by atoms with Gasteiger partial charge in [0, 0.05) is 30.3 Å². The molecular weight excluding hydrogens is 226 g/mol. The van der Waals surface area contributed by atoms with Crippen LogP contribution < -0.4 is 4.74 Å². The van der Waals surface area contributed by atoms with Gasteiger partial charge in [-0.3, -0.25) is 0 Å². The Hall–Kier alpha value is -1.48. The van der Waals surface area contributed by atoms with E-state index in [0.717, 1.165) is 38.5 Å². The highest BCUT2D eigenvalue weighted by Crippen LogP contribution is 2.22. The molecule has 0 saturated heterocycles. The normalized spacial score (nSPS) is 11.0. The standard InChI is InChI=1S/C15H21NO2/c1-3-10-18-14-5-6-15-13(12-14)7-8-16(15)9-11-17-4-2/h5-8,12H,3-4,9-11H2,1-2H3. The molecule has 2 aromatic rings. The average Bonchev–Trinajstić information content (AvgIpc) is 2.79. The van der Waals surface area contributed by atoms with E-state index in [1.54, 1.807) is 0 Å². The van der Waals surface area contributed by atoms with Gasteiger partial charge < -0.3 is 14.0 Å². The quantitative estimate of drug-likeness (QED) is 0.699. The third-order valence-corrected chi connectivity index (χ3v) is 2.90. The van der Waals surface area contributed by atoms with Crippen LogP contribution >= 0.6 is 0 Å². The minimum atomic E-state index is 0.758. The second kappa shape index (κ2) is 6.45. The van der Waals surface area contributed by atoms with Gasteiger partial charge in [0.15, 0.2) is 0 Å². The zero-order valence-corrected chi connectivity index (χ0v) is 11.2. The Morgan fingerprint density at radius 1 is 1.11 bits per heavy atom. The van der Waals surface area contributed by atoms with Crippen LogP contribution in [-0.2, 0) is 11.3 Å². The summed E-state index contributed by atoms with van der Waals surface area (Å²) < 4.78 is 13.2. The molecule has 0 atom stereocenters. The van der Waals surface area contributed by atoms with Crippen molar-refractivity contribution < 1.29 is 9.47 Å². The van der Waals surface area contributed by atoms with Crippen LogP contribution in [0.25, 0.3) is 10.9 Å². The Labute approximate surface area is 108 Å². The molecule has 0 aliphatic rings. The molecule has 0 aliphatic carbocycles. The molecule has 0 bridgehead atoms. The minimum absolute atomic E-state index is 0.758. The van der Waals surface area contributed by atoms with Crippen LogP contribution in [0.1, 0.15) is 20.3 Å². The molecule has 0 N–H and O–H groups in total. The molecular formula is C15H21NO2. The van der Waals surface area contributed by atoms with Gasteiger partial charge >= 0.3 is 0 Å². The van der Waals surface area contributed by atoms with Gasteiger partial charge in [-0.2, -0.15) is 0 Å². The number of hydrogen-bond acceptors (Lipinski definition) is 2. The molecule has 0 aliphatic heterocycles. The SMILES string of the molecule is CCCOc1ccc2c(ccn2CCOCC)c1. The highest BCUT2D eigenvalue weighted by molar-refractivity contribution is 5.81. The maximum atomic E-state index is 5.64. The maximum Gasteiger partial charge on any atom is 0.120 e. The van der Waals surface area contributed by atoms with Crippen molar-refractivity contribution >= 4 is 10.9 Å². The number of ether oxygens (including phenoxy) is 2. The molecule has 1 aromatic heterocycles. The van der Waals surface area contributed by atoms with Crippen molar-refractivity contribution in [2.24, 2.45) is 0 Å². The van der Waals surface area contributed by atoms with E-state index >= 15 is 0 Å². The van der Waals surface area contributed by atoms with E-state index in [1.807, 2.05) is 13.0 Å². The van der Waals surface area contributed by atoms with E-state index in [0.29, 0.717) is 0 Å². The van der Waals surface area contributed by atoms with Gasteiger partial charge in [-0.1, -0.05) is 6.92 Å². The fourth-order valence-corrected chi connectivity index (χ4v) is 1.99. The van der Waals surface area contributed by atoms with Gasteiger partial charge in [0.1, 0.15) is 5.75 Å². The van der Waals surface area contributed by atoms with E-state index in [9.17, 15) is 0 Å². The van der Waals surface area contributed by atoms with E-state index in [-0.39, 0.29) is 0 Å². The van der Waals surface area contributed by atoms with Gasteiger partial charge in [-0.05, 0) is 37.6 Å². The summed E-state index contributed by atoms with van der Waals surface area (Å²) in [7, 11) is 0. The van der Waals surface area contributed by atoms with Gasteiger partial charge in [-0.25, -0.2) is 0 Å². The largest absolute Gasteiger partial charge is 0.494 e. The van der Waals surface area contributed by atoms with Crippen LogP contribution in [-0.4, -0.2) is 24.4 Å². The van der Waals surface area contributed by atoms with Crippen molar-refractivity contribution in [1.29, 1.82) is 0 Å². The molecule has 18 heavy (non-hydrogen) atoms. The van der Waals surface area contributed by atoms with Crippen molar-refractivity contribution in [3.63, 3.8) is 0 Å². The lowest BCUT2D eigenvalue weighted by atomic mass is 10.2. The van der Waals surface area contributed by atoms with Crippen LogP contribution in [0.4, 0.5) is 0 Å². The topological polar surface area (TPSA) is 23.4 Å². The molecule has 3 nitrogen and oxygen atoms in total. The van der Waals surface area contributed by atoms with Crippen LogP contribution in [0.2, 0.25) is 0 Å². The molecule has 98 valence electrons. The van der Waals surface area contributed by atoms with Crippen molar-refractivity contribution in [3.05, 3.63) is 30.5 Å². The summed E-state index contributed by atoms with van der Waals surface area (Å²) in [5, 5.41) is 1.22. The van der Waals surface area contributed by atoms with E-state index in [4.69, 9.17) is 9.47 Å². The Morgan fingerprint density at radius 2 is 2.00 bits per heavy atom. The first-order valence-electron chi connectivity index (χ1n) is 6.64. The Bertz CT molecular complexity index is 490. The fourth-order valence-electron chi connectivity index (χ4n) is 1.99. The number of rotatable bonds is 7. The Kier molecular flexibility index (Phi) is 4.65. The summed E-state index contributed by atoms with van der Waals surface area (Å²) in [6, 6.07) is 8.38. The number of aromatic nitrogens is 1. The predicted molar refractivity (Wildman–Crippen MR) is 74.2 cm³/mol. The molecule has 0 spiro atoms. The van der Waals surface area contributed by atoms with E-state index in [1.165, 1.54) is 10.9 Å². The van der Waals surface area contributed by atoms with Crippen LogP contribution in [0.5, 0.6) is 5.75 Å². The Morgan fingerprint density at radius 3 is 2.78 bits per heavy atom. The number of fused-ring (bicyclic) bond motifs is 1. The molecule has 1 heterocycles. The second-order valence-electron chi connectivity index (χ2n) is 4.28. The van der Waals surface area contributed by atoms with Crippen LogP contribution in [0, 0.1) is 0 Å². The summed E-state index contributed by atoms with van der Waals surface area (Å²) in [6.07, 6.45) is 3.14. The minimum Gasteiger partial charge on any atom is -0.494 e. The zero-order valence-electron chi connectivity index (χ0n) is 11.2. The molecule has 3 heteroatoms. The van der Waals surface area contributed by atoms with Crippen molar-refractivity contribution in [3.8, 4) is 5.75 Å².